The number of carbonyl (C=O) groups is 1. The quantitative estimate of drug-likeness (QED) is 0.281. The van der Waals surface area contributed by atoms with Gasteiger partial charge in [0.1, 0.15) is 12.4 Å². The third-order valence-electron chi connectivity index (χ3n) is 4.44. The molecule has 0 atom stereocenters. The molecular formula is C24H21BrClFN2O3. The molecule has 0 heterocycles. The minimum Gasteiger partial charge on any atom is -0.490 e. The molecule has 0 bridgehead atoms. The molecule has 0 unspecified atom stereocenters. The smallest absolute Gasteiger partial charge is 0.271 e. The first-order valence-electron chi connectivity index (χ1n) is 9.80. The van der Waals surface area contributed by atoms with Crippen molar-refractivity contribution in [3.8, 4) is 11.5 Å². The normalized spacial score (nSPS) is 10.9. The van der Waals surface area contributed by atoms with Crippen molar-refractivity contribution in [3.63, 3.8) is 0 Å². The van der Waals surface area contributed by atoms with Gasteiger partial charge in [-0.05, 0) is 82.9 Å². The van der Waals surface area contributed by atoms with Crippen LogP contribution < -0.4 is 14.9 Å². The lowest BCUT2D eigenvalue weighted by atomic mass is 10.1. The second-order valence-electron chi connectivity index (χ2n) is 6.84. The average molecular weight is 520 g/mol. The summed E-state index contributed by atoms with van der Waals surface area (Å²) in [6, 6.07) is 14.7. The number of nitrogens with one attached hydrogen (secondary N) is 1. The number of hydrogen-bond acceptors (Lipinski definition) is 4. The first kappa shape index (κ1) is 23.8. The van der Waals surface area contributed by atoms with Crippen molar-refractivity contribution in [1.29, 1.82) is 0 Å². The van der Waals surface area contributed by atoms with Crippen molar-refractivity contribution in [3.05, 3.63) is 92.2 Å². The van der Waals surface area contributed by atoms with Crippen molar-refractivity contribution in [1.82, 2.24) is 5.43 Å². The summed E-state index contributed by atoms with van der Waals surface area (Å²) in [7, 11) is 0. The molecule has 0 radical (unpaired) electrons. The van der Waals surface area contributed by atoms with E-state index < -0.39 is 0 Å². The molecule has 0 saturated carbocycles. The highest BCUT2D eigenvalue weighted by atomic mass is 79.9. The molecule has 166 valence electrons. The van der Waals surface area contributed by atoms with Gasteiger partial charge in [0.2, 0.25) is 0 Å². The molecule has 3 aromatic carbocycles. The van der Waals surface area contributed by atoms with Gasteiger partial charge in [-0.2, -0.15) is 5.10 Å². The molecule has 32 heavy (non-hydrogen) atoms. The molecule has 5 nitrogen and oxygen atoms in total. The van der Waals surface area contributed by atoms with Crippen molar-refractivity contribution in [2.75, 3.05) is 6.61 Å². The number of carbonyl (C=O) groups excluding carboxylic acids is 1. The van der Waals surface area contributed by atoms with E-state index in [1.165, 1.54) is 18.3 Å². The van der Waals surface area contributed by atoms with Crippen LogP contribution in [0.5, 0.6) is 11.5 Å². The summed E-state index contributed by atoms with van der Waals surface area (Å²) in [5, 5.41) is 4.54. The second kappa shape index (κ2) is 11.1. The first-order valence-corrected chi connectivity index (χ1v) is 11.0. The summed E-state index contributed by atoms with van der Waals surface area (Å²) >= 11 is 9.57. The fourth-order valence-electron chi connectivity index (χ4n) is 2.77. The van der Waals surface area contributed by atoms with Crippen LogP contribution in [0.4, 0.5) is 4.39 Å². The lowest BCUT2D eigenvalue weighted by molar-refractivity contribution is 0.0955. The van der Waals surface area contributed by atoms with Gasteiger partial charge in [-0.1, -0.05) is 29.8 Å². The summed E-state index contributed by atoms with van der Waals surface area (Å²) in [5.41, 5.74) is 5.31. The Morgan fingerprint density at radius 1 is 1.16 bits per heavy atom. The van der Waals surface area contributed by atoms with E-state index in [1.807, 2.05) is 13.8 Å². The predicted molar refractivity (Wildman–Crippen MR) is 127 cm³/mol. The predicted octanol–water partition coefficient (Wildman–Crippen LogP) is 6.29. The summed E-state index contributed by atoms with van der Waals surface area (Å²) in [5.74, 6) is 0.367. The van der Waals surface area contributed by atoms with E-state index >= 15 is 0 Å². The highest BCUT2D eigenvalue weighted by molar-refractivity contribution is 9.10. The van der Waals surface area contributed by atoms with Crippen LogP contribution in [-0.2, 0) is 6.61 Å². The molecule has 0 saturated heterocycles. The number of hydrogen-bond donors (Lipinski definition) is 1. The Kier molecular flexibility index (Phi) is 8.25. The van der Waals surface area contributed by atoms with Crippen molar-refractivity contribution >= 4 is 39.7 Å². The number of halogens is 3. The lowest BCUT2D eigenvalue weighted by Crippen LogP contribution is -2.17. The van der Waals surface area contributed by atoms with Crippen LogP contribution >= 0.6 is 27.5 Å². The van der Waals surface area contributed by atoms with Gasteiger partial charge in [-0.3, -0.25) is 4.79 Å². The highest BCUT2D eigenvalue weighted by Crippen LogP contribution is 2.37. The van der Waals surface area contributed by atoms with Crippen LogP contribution in [0.3, 0.4) is 0 Å². The van der Waals surface area contributed by atoms with Gasteiger partial charge in [0.05, 0.1) is 17.3 Å². The van der Waals surface area contributed by atoms with Gasteiger partial charge in [0.15, 0.2) is 11.5 Å². The maximum Gasteiger partial charge on any atom is 0.271 e. The zero-order valence-electron chi connectivity index (χ0n) is 17.5. The minimum absolute atomic E-state index is 0.252. The first-order chi connectivity index (χ1) is 15.4. The molecule has 8 heteroatoms. The molecule has 3 aromatic rings. The Labute approximate surface area is 199 Å². The van der Waals surface area contributed by atoms with Gasteiger partial charge in [-0.15, -0.1) is 0 Å². The second-order valence-corrected chi connectivity index (χ2v) is 8.10. The molecule has 0 spiro atoms. The van der Waals surface area contributed by atoms with E-state index in [-0.39, 0.29) is 18.3 Å². The Bertz CT molecular complexity index is 1140. The van der Waals surface area contributed by atoms with Crippen LogP contribution in [0.15, 0.2) is 64.2 Å². The Morgan fingerprint density at radius 2 is 1.91 bits per heavy atom. The summed E-state index contributed by atoms with van der Waals surface area (Å²) in [6.07, 6.45) is 1.50. The van der Waals surface area contributed by atoms with E-state index in [2.05, 4.69) is 26.5 Å². The molecule has 0 aromatic heterocycles. The monoisotopic (exact) mass is 518 g/mol. The van der Waals surface area contributed by atoms with E-state index in [4.69, 9.17) is 21.1 Å². The number of rotatable bonds is 8. The topological polar surface area (TPSA) is 59.9 Å². The SMILES string of the molecule is CCOc1cc(/C=N\NC(=O)c2ccc(C)c(Cl)c2)cc(Br)c1OCc1ccc(F)cc1. The molecule has 0 aliphatic carbocycles. The number of ether oxygens (including phenoxy) is 2. The van der Waals surface area contributed by atoms with Crippen LogP contribution in [0.1, 0.15) is 34.0 Å². The Morgan fingerprint density at radius 3 is 2.59 bits per heavy atom. The molecule has 1 amide bonds. The number of aryl methyl sites for hydroxylation is 1. The van der Waals surface area contributed by atoms with Crippen LogP contribution in [0, 0.1) is 12.7 Å². The van der Waals surface area contributed by atoms with Crippen LogP contribution in [0.2, 0.25) is 5.02 Å². The number of hydrazone groups is 1. The number of nitrogens with zero attached hydrogens (tertiary/aromatic N) is 1. The average Bonchev–Trinajstić information content (AvgIpc) is 2.76. The van der Waals surface area contributed by atoms with Crippen molar-refractivity contribution in [2.45, 2.75) is 20.5 Å². The van der Waals surface area contributed by atoms with Gasteiger partial charge < -0.3 is 9.47 Å². The lowest BCUT2D eigenvalue weighted by Gasteiger charge is -2.14. The van der Waals surface area contributed by atoms with E-state index in [0.29, 0.717) is 38.7 Å². The minimum atomic E-state index is -0.369. The van der Waals surface area contributed by atoms with E-state index in [1.54, 1.807) is 42.5 Å². The molecule has 3 rings (SSSR count). The zero-order valence-corrected chi connectivity index (χ0v) is 19.8. The molecule has 0 aliphatic rings. The Hall–Kier alpha value is -2.90. The van der Waals surface area contributed by atoms with Crippen LogP contribution in [0.25, 0.3) is 0 Å². The Balaban J connectivity index is 1.71. The van der Waals surface area contributed by atoms with Gasteiger partial charge >= 0.3 is 0 Å². The highest BCUT2D eigenvalue weighted by Gasteiger charge is 2.13. The molecular weight excluding hydrogens is 499 g/mol. The summed E-state index contributed by atoms with van der Waals surface area (Å²) in [4.78, 5) is 12.3. The largest absolute Gasteiger partial charge is 0.490 e. The van der Waals surface area contributed by atoms with Gasteiger partial charge in [0.25, 0.3) is 5.91 Å². The number of amides is 1. The standard InChI is InChI=1S/C24H21BrClFN2O3/c1-3-31-22-11-17(13-28-29-24(30)18-7-4-15(2)21(26)12-18)10-20(25)23(22)32-14-16-5-8-19(27)9-6-16/h4-13H,3,14H2,1-2H3,(H,29,30)/b28-13-. The molecule has 0 fully saturated rings. The van der Waals surface area contributed by atoms with Crippen LogP contribution in [-0.4, -0.2) is 18.7 Å². The van der Waals surface area contributed by atoms with E-state index in [0.717, 1.165) is 11.1 Å². The molecule has 0 aliphatic heterocycles. The number of benzene rings is 3. The fourth-order valence-corrected chi connectivity index (χ4v) is 3.52. The summed E-state index contributed by atoms with van der Waals surface area (Å²) in [6.45, 7) is 4.42. The van der Waals surface area contributed by atoms with Gasteiger partial charge in [-0.25, -0.2) is 9.82 Å². The zero-order chi connectivity index (χ0) is 23.1. The third kappa shape index (κ3) is 6.31. The third-order valence-corrected chi connectivity index (χ3v) is 5.44. The fraction of sp³-hybridized carbons (Fsp3) is 0.167. The maximum atomic E-state index is 13.1. The van der Waals surface area contributed by atoms with E-state index in [9.17, 15) is 9.18 Å². The van der Waals surface area contributed by atoms with Gasteiger partial charge in [0, 0.05) is 10.6 Å². The van der Waals surface area contributed by atoms with Crippen molar-refractivity contribution < 1.29 is 18.7 Å². The molecule has 1 N–H and O–H groups in total. The maximum absolute atomic E-state index is 13.1. The van der Waals surface area contributed by atoms with Crippen molar-refractivity contribution in [2.24, 2.45) is 5.10 Å². The summed E-state index contributed by atoms with van der Waals surface area (Å²) < 4.78 is 25.4.